The molecule has 0 radical (unpaired) electrons. The summed E-state index contributed by atoms with van der Waals surface area (Å²) >= 11 is 0. The minimum atomic E-state index is 0.450. The van der Waals surface area contributed by atoms with Gasteiger partial charge in [0, 0.05) is 6.20 Å². The second-order valence-corrected chi connectivity index (χ2v) is 1.94. The van der Waals surface area contributed by atoms with E-state index in [-0.39, 0.29) is 0 Å². The van der Waals surface area contributed by atoms with Gasteiger partial charge in [0.05, 0.1) is 11.6 Å². The molecule has 50 valence electrons. The molecule has 0 saturated carbocycles. The van der Waals surface area contributed by atoms with Crippen LogP contribution in [0.4, 0.5) is 0 Å². The molecule has 0 spiro atoms. The number of aromatic nitrogens is 2. The highest BCUT2D eigenvalue weighted by atomic mass is 16.6. The van der Waals surface area contributed by atoms with E-state index >= 15 is 0 Å². The molecular weight excluding hydrogens is 130 g/mol. The fraction of sp³-hybridized carbons (Fsp3) is 0. The summed E-state index contributed by atoms with van der Waals surface area (Å²) in [6.45, 7) is 0. The Hall–Kier alpha value is -1.58. The molecule has 0 saturated heterocycles. The lowest BCUT2D eigenvalue weighted by atomic mass is 10.4. The van der Waals surface area contributed by atoms with Crippen LogP contribution in [0.1, 0.15) is 0 Å². The second kappa shape index (κ2) is 1.70. The van der Waals surface area contributed by atoms with Crippen LogP contribution in [0.5, 0.6) is 0 Å². The predicted molar refractivity (Wildman–Crippen MR) is 32.9 cm³/mol. The third-order valence-electron chi connectivity index (χ3n) is 1.32. The van der Waals surface area contributed by atoms with E-state index < -0.39 is 0 Å². The van der Waals surface area contributed by atoms with Crippen LogP contribution in [-0.2, 0) is 0 Å². The van der Waals surface area contributed by atoms with Gasteiger partial charge in [0.2, 0.25) is 0 Å². The minimum absolute atomic E-state index is 0.450. The molecule has 0 unspecified atom stereocenters. The molecule has 2 aliphatic heterocycles. The van der Waals surface area contributed by atoms with Gasteiger partial charge < -0.3 is 0 Å². The lowest BCUT2D eigenvalue weighted by molar-refractivity contribution is 0.227. The smallest absolute Gasteiger partial charge is 0.109 e. The van der Waals surface area contributed by atoms with Crippen LogP contribution in [0.25, 0.3) is 5.69 Å². The fourth-order valence-corrected chi connectivity index (χ4v) is 0.840. The molecule has 0 atom stereocenters. The van der Waals surface area contributed by atoms with Crippen molar-refractivity contribution < 1.29 is 4.63 Å². The topological polar surface area (TPSA) is 54.8 Å². The SMILES string of the molecule is N=c1ccn2onccc1-2. The van der Waals surface area contributed by atoms with E-state index in [1.807, 2.05) is 0 Å². The van der Waals surface area contributed by atoms with Crippen LogP contribution < -0.4 is 5.36 Å². The van der Waals surface area contributed by atoms with Gasteiger partial charge in [0.25, 0.3) is 0 Å². The number of rotatable bonds is 0. The van der Waals surface area contributed by atoms with Crippen LogP contribution >= 0.6 is 0 Å². The second-order valence-electron chi connectivity index (χ2n) is 1.94. The van der Waals surface area contributed by atoms with Gasteiger partial charge in [-0.05, 0) is 12.1 Å². The van der Waals surface area contributed by atoms with Gasteiger partial charge in [-0.1, -0.05) is 5.16 Å². The third kappa shape index (κ3) is 0.556. The summed E-state index contributed by atoms with van der Waals surface area (Å²) in [5.74, 6) is 0. The van der Waals surface area contributed by atoms with Crippen molar-refractivity contribution in [3.8, 4) is 5.69 Å². The Kier molecular flexibility index (Phi) is 0.887. The van der Waals surface area contributed by atoms with Crippen LogP contribution in [0.3, 0.4) is 0 Å². The summed E-state index contributed by atoms with van der Waals surface area (Å²) in [6, 6.07) is 3.38. The Morgan fingerprint density at radius 2 is 2.40 bits per heavy atom. The van der Waals surface area contributed by atoms with Crippen molar-refractivity contribution >= 4 is 0 Å². The van der Waals surface area contributed by atoms with Crippen molar-refractivity contribution in [2.24, 2.45) is 0 Å². The van der Waals surface area contributed by atoms with Crippen molar-refractivity contribution in [2.75, 3.05) is 0 Å². The number of hydrogen-bond acceptors (Lipinski definition) is 3. The van der Waals surface area contributed by atoms with Gasteiger partial charge in [-0.3, -0.25) is 10.0 Å². The first-order valence-electron chi connectivity index (χ1n) is 2.85. The molecule has 4 nitrogen and oxygen atoms in total. The van der Waals surface area contributed by atoms with Crippen molar-refractivity contribution in [3.63, 3.8) is 0 Å². The molecule has 0 aromatic heterocycles. The van der Waals surface area contributed by atoms with Gasteiger partial charge in [0.15, 0.2) is 0 Å². The van der Waals surface area contributed by atoms with Crippen LogP contribution in [0.2, 0.25) is 0 Å². The third-order valence-corrected chi connectivity index (χ3v) is 1.32. The maximum Gasteiger partial charge on any atom is 0.109 e. The average Bonchev–Trinajstić information content (AvgIpc) is 2.34. The summed E-state index contributed by atoms with van der Waals surface area (Å²) in [7, 11) is 0. The molecule has 0 bridgehead atoms. The zero-order valence-corrected chi connectivity index (χ0v) is 5.11. The summed E-state index contributed by atoms with van der Waals surface area (Å²) in [4.78, 5) is 0. The van der Waals surface area contributed by atoms with E-state index in [1.165, 1.54) is 10.9 Å². The van der Waals surface area contributed by atoms with Crippen LogP contribution in [0.15, 0.2) is 29.2 Å². The largest absolute Gasteiger partial charge is 0.299 e. The van der Waals surface area contributed by atoms with Gasteiger partial charge in [-0.15, -0.1) is 0 Å². The fourth-order valence-electron chi connectivity index (χ4n) is 0.840. The number of fused-ring (bicyclic) bond motifs is 1. The molecule has 10 heavy (non-hydrogen) atoms. The van der Waals surface area contributed by atoms with E-state index in [2.05, 4.69) is 5.16 Å². The molecule has 2 rings (SSSR count). The van der Waals surface area contributed by atoms with Crippen molar-refractivity contribution in [1.29, 1.82) is 5.41 Å². The highest BCUT2D eigenvalue weighted by Gasteiger charge is 2.00. The normalized spacial score (nSPS) is 10.4. The molecule has 0 aromatic rings. The van der Waals surface area contributed by atoms with Crippen molar-refractivity contribution in [3.05, 3.63) is 29.9 Å². The van der Waals surface area contributed by atoms with E-state index in [0.717, 1.165) is 5.69 Å². The molecule has 0 aromatic carbocycles. The Bertz CT molecular complexity index is 362. The minimum Gasteiger partial charge on any atom is -0.299 e. The highest BCUT2D eigenvalue weighted by Crippen LogP contribution is 1.99. The Morgan fingerprint density at radius 3 is 3.20 bits per heavy atom. The highest BCUT2D eigenvalue weighted by molar-refractivity contribution is 5.27. The van der Waals surface area contributed by atoms with Gasteiger partial charge in [0.1, 0.15) is 5.69 Å². The van der Waals surface area contributed by atoms with E-state index in [0.29, 0.717) is 5.36 Å². The molecule has 0 amide bonds. The molecular formula is C6H5N3O. The number of nitrogens with zero attached hydrogens (tertiary/aromatic N) is 2. The lowest BCUT2D eigenvalue weighted by Crippen LogP contribution is -2.02. The zero-order chi connectivity index (χ0) is 6.97. The van der Waals surface area contributed by atoms with Gasteiger partial charge >= 0.3 is 0 Å². The molecule has 2 aliphatic rings. The number of nitrogens with one attached hydrogen (secondary N) is 1. The predicted octanol–water partition coefficient (Wildman–Crippen LogP) is 0.383. The lowest BCUT2D eigenvalue weighted by Gasteiger charge is -1.95. The molecule has 1 N–H and O–H groups in total. The van der Waals surface area contributed by atoms with Gasteiger partial charge in [-0.25, -0.2) is 0 Å². The average molecular weight is 135 g/mol. The van der Waals surface area contributed by atoms with E-state index in [4.69, 9.17) is 10.0 Å². The monoisotopic (exact) mass is 135 g/mol. The Labute approximate surface area is 56.5 Å². The maximum absolute atomic E-state index is 7.34. The van der Waals surface area contributed by atoms with Crippen LogP contribution in [-0.4, -0.2) is 9.90 Å². The van der Waals surface area contributed by atoms with Crippen LogP contribution in [0, 0.1) is 5.41 Å². The van der Waals surface area contributed by atoms with E-state index in [1.54, 1.807) is 18.3 Å². The summed E-state index contributed by atoms with van der Waals surface area (Å²) < 4.78 is 6.23. The number of hydrogen-bond donors (Lipinski definition) is 1. The van der Waals surface area contributed by atoms with Crippen molar-refractivity contribution in [2.45, 2.75) is 0 Å². The first kappa shape index (κ1) is 5.22. The summed E-state index contributed by atoms with van der Waals surface area (Å²) in [6.07, 6.45) is 3.18. The van der Waals surface area contributed by atoms with E-state index in [9.17, 15) is 0 Å². The quantitative estimate of drug-likeness (QED) is 0.567. The van der Waals surface area contributed by atoms with Gasteiger partial charge in [-0.2, -0.15) is 4.74 Å². The standard InChI is InChI=1S/C6H5N3O/c7-5-2-4-9-6(5)1-3-8-10-9/h1-4,7H. The van der Waals surface area contributed by atoms with Crippen molar-refractivity contribution in [1.82, 2.24) is 9.90 Å². The Balaban J connectivity index is 2.91. The summed E-state index contributed by atoms with van der Waals surface area (Å²) in [5, 5.41) is 11.3. The Morgan fingerprint density at radius 1 is 1.50 bits per heavy atom. The summed E-state index contributed by atoms with van der Waals surface area (Å²) in [5.41, 5.74) is 0.731. The molecule has 2 heterocycles. The molecule has 4 heteroatoms. The molecule has 0 fully saturated rings. The first-order valence-corrected chi connectivity index (χ1v) is 2.85. The maximum atomic E-state index is 7.34. The molecule has 0 aliphatic carbocycles. The first-order chi connectivity index (χ1) is 4.88. The zero-order valence-electron chi connectivity index (χ0n) is 5.11.